The first-order valence-corrected chi connectivity index (χ1v) is 10.2. The van der Waals surface area contributed by atoms with E-state index >= 15 is 0 Å². The fourth-order valence-corrected chi connectivity index (χ4v) is 4.06. The van der Waals surface area contributed by atoms with Crippen molar-refractivity contribution in [2.45, 2.75) is 32.1 Å². The molecule has 0 bridgehead atoms. The van der Waals surface area contributed by atoms with Gasteiger partial charge in [-0.05, 0) is 61.8 Å². The number of anilines is 1. The van der Waals surface area contributed by atoms with E-state index in [1.807, 2.05) is 13.0 Å². The van der Waals surface area contributed by atoms with E-state index < -0.39 is 23.0 Å². The molecule has 1 aliphatic heterocycles. The molecule has 160 valence electrons. The summed E-state index contributed by atoms with van der Waals surface area (Å²) in [6.45, 7) is 10.6. The maximum Gasteiger partial charge on any atom is 0.261 e. The summed E-state index contributed by atoms with van der Waals surface area (Å²) in [5.41, 5.74) is 0.434. The van der Waals surface area contributed by atoms with E-state index in [1.165, 1.54) is 29.2 Å². The first-order valence-electron chi connectivity index (χ1n) is 10.2. The lowest BCUT2D eigenvalue weighted by Crippen LogP contribution is -2.38. The number of carbonyl (C=O) groups is 1. The first kappa shape index (κ1) is 22.1. The Morgan fingerprint density at radius 1 is 1.23 bits per heavy atom. The van der Waals surface area contributed by atoms with Gasteiger partial charge in [0.2, 0.25) is 0 Å². The van der Waals surface area contributed by atoms with Crippen LogP contribution in [0.2, 0.25) is 0 Å². The smallest absolute Gasteiger partial charge is 0.261 e. The molecule has 3 nitrogen and oxygen atoms in total. The first-order chi connectivity index (χ1) is 14.3. The molecule has 0 spiro atoms. The van der Waals surface area contributed by atoms with Crippen molar-refractivity contribution in [2.24, 2.45) is 0 Å². The van der Waals surface area contributed by atoms with Crippen molar-refractivity contribution in [2.75, 3.05) is 31.1 Å². The van der Waals surface area contributed by atoms with Crippen LogP contribution in [0, 0.1) is 17.5 Å². The van der Waals surface area contributed by atoms with E-state index in [9.17, 15) is 18.0 Å². The second-order valence-corrected chi connectivity index (χ2v) is 7.98. The third-order valence-corrected chi connectivity index (χ3v) is 5.91. The Hall–Kier alpha value is -2.60. The van der Waals surface area contributed by atoms with Crippen LogP contribution in [0.15, 0.2) is 49.1 Å². The van der Waals surface area contributed by atoms with Gasteiger partial charge in [0.1, 0.15) is 5.82 Å². The number of hydrogen-bond donors (Lipinski definition) is 0. The summed E-state index contributed by atoms with van der Waals surface area (Å²) in [5.74, 6) is -3.24. The van der Waals surface area contributed by atoms with E-state index in [1.54, 1.807) is 6.07 Å². The average molecular weight is 416 g/mol. The highest BCUT2D eigenvalue weighted by Crippen LogP contribution is 2.44. The lowest BCUT2D eigenvalue weighted by Gasteiger charge is -2.29. The third kappa shape index (κ3) is 4.29. The SMILES string of the molecule is C=CCCN(CC)CCC1(C)CN(C(=O)c2cccc(F)c2F)c2ccc(F)cc21. The maximum atomic E-state index is 14.3. The monoisotopic (exact) mass is 416 g/mol. The van der Waals surface area contributed by atoms with Crippen LogP contribution >= 0.6 is 0 Å². The zero-order valence-electron chi connectivity index (χ0n) is 17.4. The van der Waals surface area contributed by atoms with Crippen molar-refractivity contribution in [3.8, 4) is 0 Å². The Bertz CT molecular complexity index is 946. The highest BCUT2D eigenvalue weighted by atomic mass is 19.2. The summed E-state index contributed by atoms with van der Waals surface area (Å²) in [6, 6.07) is 7.84. The maximum absolute atomic E-state index is 14.3. The van der Waals surface area contributed by atoms with E-state index in [-0.39, 0.29) is 17.9 Å². The van der Waals surface area contributed by atoms with Gasteiger partial charge in [-0.1, -0.05) is 26.0 Å². The number of nitrogens with zero attached hydrogens (tertiary/aromatic N) is 2. The molecule has 2 aromatic rings. The summed E-state index contributed by atoms with van der Waals surface area (Å²) in [7, 11) is 0. The second-order valence-electron chi connectivity index (χ2n) is 7.98. The summed E-state index contributed by atoms with van der Waals surface area (Å²) in [6.07, 6.45) is 3.45. The van der Waals surface area contributed by atoms with Gasteiger partial charge in [0.05, 0.1) is 5.56 Å². The van der Waals surface area contributed by atoms with Crippen molar-refractivity contribution in [3.63, 3.8) is 0 Å². The van der Waals surface area contributed by atoms with Crippen molar-refractivity contribution in [1.29, 1.82) is 0 Å². The van der Waals surface area contributed by atoms with Gasteiger partial charge in [-0.2, -0.15) is 0 Å². The Kier molecular flexibility index (Phi) is 6.66. The molecule has 0 aliphatic carbocycles. The van der Waals surface area contributed by atoms with Gasteiger partial charge in [0.25, 0.3) is 5.91 Å². The topological polar surface area (TPSA) is 23.6 Å². The normalized spacial score (nSPS) is 18.0. The van der Waals surface area contributed by atoms with Gasteiger partial charge in [-0.25, -0.2) is 13.2 Å². The zero-order valence-corrected chi connectivity index (χ0v) is 17.4. The number of fused-ring (bicyclic) bond motifs is 1. The molecular formula is C24H27F3N2O. The summed E-state index contributed by atoms with van der Waals surface area (Å²) in [5, 5.41) is 0. The van der Waals surface area contributed by atoms with Gasteiger partial charge in [-0.15, -0.1) is 6.58 Å². The van der Waals surface area contributed by atoms with E-state index in [0.717, 1.165) is 32.1 Å². The van der Waals surface area contributed by atoms with E-state index in [4.69, 9.17) is 0 Å². The molecule has 0 saturated heterocycles. The van der Waals surface area contributed by atoms with Crippen LogP contribution in [0.4, 0.5) is 18.9 Å². The molecule has 1 aliphatic rings. The molecule has 3 rings (SSSR count). The molecule has 2 aromatic carbocycles. The number of halogens is 3. The zero-order chi connectivity index (χ0) is 21.9. The quantitative estimate of drug-likeness (QED) is 0.545. The van der Waals surface area contributed by atoms with Gasteiger partial charge in [0, 0.05) is 24.2 Å². The predicted molar refractivity (Wildman–Crippen MR) is 113 cm³/mol. The Balaban J connectivity index is 1.91. The third-order valence-electron chi connectivity index (χ3n) is 5.91. The van der Waals surface area contributed by atoms with Crippen LogP contribution in [0.25, 0.3) is 0 Å². The molecule has 30 heavy (non-hydrogen) atoms. The summed E-state index contributed by atoms with van der Waals surface area (Å²) in [4.78, 5) is 16.8. The van der Waals surface area contributed by atoms with Crippen molar-refractivity contribution in [1.82, 2.24) is 4.90 Å². The average Bonchev–Trinajstić information content (AvgIpc) is 3.02. The minimum atomic E-state index is -1.17. The van der Waals surface area contributed by atoms with Crippen LogP contribution in [0.5, 0.6) is 0 Å². The fraction of sp³-hybridized carbons (Fsp3) is 0.375. The van der Waals surface area contributed by atoms with Gasteiger partial charge >= 0.3 is 0 Å². The minimum absolute atomic E-state index is 0.277. The molecule has 1 amide bonds. The lowest BCUT2D eigenvalue weighted by molar-refractivity contribution is 0.0979. The van der Waals surface area contributed by atoms with Crippen molar-refractivity contribution < 1.29 is 18.0 Å². The van der Waals surface area contributed by atoms with Crippen molar-refractivity contribution >= 4 is 11.6 Å². The Labute approximate surface area is 175 Å². The molecule has 1 unspecified atom stereocenters. The standard InChI is InChI=1S/C24H27F3N2O/c1-4-6-13-28(5-2)14-12-24(3)16-29(21-11-10-17(25)15-19(21)24)23(30)18-8-7-9-20(26)22(18)27/h4,7-11,15H,1,5-6,12-14,16H2,2-3H3. The highest BCUT2D eigenvalue weighted by Gasteiger charge is 2.42. The molecular weight excluding hydrogens is 389 g/mol. The number of amides is 1. The van der Waals surface area contributed by atoms with Gasteiger partial charge < -0.3 is 9.80 Å². The highest BCUT2D eigenvalue weighted by molar-refractivity contribution is 6.08. The molecule has 0 fully saturated rings. The summed E-state index contributed by atoms with van der Waals surface area (Å²) >= 11 is 0. The minimum Gasteiger partial charge on any atom is -0.307 e. The number of rotatable bonds is 8. The predicted octanol–water partition coefficient (Wildman–Crippen LogP) is 5.31. The number of benzene rings is 2. The lowest BCUT2D eigenvalue weighted by atomic mass is 9.81. The van der Waals surface area contributed by atoms with Gasteiger partial charge in [-0.3, -0.25) is 4.79 Å². The van der Waals surface area contributed by atoms with E-state index in [0.29, 0.717) is 17.7 Å². The van der Waals surface area contributed by atoms with Crippen molar-refractivity contribution in [3.05, 3.63) is 77.6 Å². The van der Waals surface area contributed by atoms with Crippen LogP contribution in [0.3, 0.4) is 0 Å². The van der Waals surface area contributed by atoms with Crippen LogP contribution < -0.4 is 4.90 Å². The molecule has 0 N–H and O–H groups in total. The second kappa shape index (κ2) is 9.04. The molecule has 1 atom stereocenters. The van der Waals surface area contributed by atoms with E-state index in [2.05, 4.69) is 18.4 Å². The fourth-order valence-electron chi connectivity index (χ4n) is 4.06. The largest absolute Gasteiger partial charge is 0.307 e. The Morgan fingerprint density at radius 2 is 2.00 bits per heavy atom. The van der Waals surface area contributed by atoms with Crippen LogP contribution in [-0.2, 0) is 5.41 Å². The molecule has 6 heteroatoms. The number of carbonyl (C=O) groups excluding carboxylic acids is 1. The number of hydrogen-bond acceptors (Lipinski definition) is 2. The molecule has 0 aromatic heterocycles. The summed E-state index contributed by atoms with van der Waals surface area (Å²) < 4.78 is 42.0. The van der Waals surface area contributed by atoms with Crippen LogP contribution in [0.1, 0.15) is 42.6 Å². The molecule has 0 radical (unpaired) electrons. The molecule has 1 heterocycles. The molecule has 0 saturated carbocycles. The van der Waals surface area contributed by atoms with Crippen LogP contribution in [-0.4, -0.2) is 37.0 Å². The van der Waals surface area contributed by atoms with Gasteiger partial charge in [0.15, 0.2) is 11.6 Å². The Morgan fingerprint density at radius 3 is 2.70 bits per heavy atom.